The highest BCUT2D eigenvalue weighted by Crippen LogP contribution is 2.53. The number of hydrogen-bond acceptors (Lipinski definition) is 0. The zero-order chi connectivity index (χ0) is 40.3. The molecule has 12 rings (SSSR count). The Kier molecular flexibility index (Phi) is 7.42. The largest absolute Gasteiger partial charge is 0.0619 e. The lowest BCUT2D eigenvalue weighted by Crippen LogP contribution is -2.14. The quantitative estimate of drug-likeness (QED) is 0.157. The normalized spacial score (nSPS) is 14.3. The highest BCUT2D eigenvalue weighted by molar-refractivity contribution is 6.23. The van der Waals surface area contributed by atoms with E-state index >= 15 is 0 Å². The lowest BCUT2D eigenvalue weighted by atomic mass is 9.79. The summed E-state index contributed by atoms with van der Waals surface area (Å²) in [5.74, 6) is 0. The van der Waals surface area contributed by atoms with Crippen molar-refractivity contribution in [2.75, 3.05) is 0 Å². The fourth-order valence-electron chi connectivity index (χ4n) is 11.0. The van der Waals surface area contributed by atoms with Gasteiger partial charge in [-0.1, -0.05) is 198 Å². The predicted molar refractivity (Wildman–Crippen MR) is 256 cm³/mol. The van der Waals surface area contributed by atoms with Crippen LogP contribution in [0.5, 0.6) is 0 Å². The van der Waals surface area contributed by atoms with E-state index in [0.29, 0.717) is 0 Å². The molecule has 0 saturated carbocycles. The van der Waals surface area contributed by atoms with E-state index in [1.807, 2.05) is 0 Å². The highest BCUT2D eigenvalue weighted by Gasteiger charge is 2.37. The van der Waals surface area contributed by atoms with Crippen LogP contribution in [0.15, 0.2) is 194 Å². The first-order chi connectivity index (χ1) is 29.3. The monoisotopic (exact) mass is 764 g/mol. The summed E-state index contributed by atoms with van der Waals surface area (Å²) < 4.78 is 0. The van der Waals surface area contributed by atoms with Gasteiger partial charge < -0.3 is 0 Å². The highest BCUT2D eigenvalue weighted by atomic mass is 14.4. The molecule has 0 saturated heterocycles. The van der Waals surface area contributed by atoms with E-state index in [1.54, 1.807) is 0 Å². The van der Waals surface area contributed by atoms with Gasteiger partial charge in [-0.25, -0.2) is 0 Å². The molecule has 0 aliphatic heterocycles. The van der Waals surface area contributed by atoms with Gasteiger partial charge in [-0.15, -0.1) is 0 Å². The second-order valence-corrected chi connectivity index (χ2v) is 18.0. The van der Waals surface area contributed by atoms with Crippen LogP contribution in [0.4, 0.5) is 0 Å². The van der Waals surface area contributed by atoms with Crippen LogP contribution in [0.2, 0.25) is 0 Å². The summed E-state index contributed by atoms with van der Waals surface area (Å²) >= 11 is 0. The average Bonchev–Trinajstić information content (AvgIpc) is 3.66. The molecule has 0 N–H and O–H groups in total. The second kappa shape index (κ2) is 12.7. The minimum Gasteiger partial charge on any atom is -0.0619 e. The van der Waals surface area contributed by atoms with Crippen molar-refractivity contribution < 1.29 is 0 Å². The Morgan fingerprint density at radius 1 is 0.250 bits per heavy atom. The van der Waals surface area contributed by atoms with Crippen molar-refractivity contribution >= 4 is 32.3 Å². The summed E-state index contributed by atoms with van der Waals surface area (Å²) in [5, 5.41) is 7.57. The molecule has 0 heterocycles. The average molecular weight is 765 g/mol. The van der Waals surface area contributed by atoms with Crippen LogP contribution in [0.3, 0.4) is 0 Å². The molecule has 0 unspecified atom stereocenters. The summed E-state index contributed by atoms with van der Waals surface area (Å²) in [4.78, 5) is 0. The Balaban J connectivity index is 1.14. The standard InChI is InChI=1S/C60H44/c1-59(2)53-23-13-11-18-44(53)46-30-27-40(35-55(46)59)39-28-32-51-52(34-39)57(42-29-31-47-45-19-12-14-24-54(45)60(3,4)56(47)36-42)49-21-9-10-22-50(49)58(51)48-20-8-7-17-43(48)41-26-25-37-15-5-6-16-38(37)33-41/h5-36H,1-4H3. The molecule has 0 heteroatoms. The molecule has 0 atom stereocenters. The van der Waals surface area contributed by atoms with Gasteiger partial charge >= 0.3 is 0 Å². The van der Waals surface area contributed by atoms with Gasteiger partial charge in [-0.05, 0) is 146 Å². The van der Waals surface area contributed by atoms with Crippen molar-refractivity contribution in [1.29, 1.82) is 0 Å². The van der Waals surface area contributed by atoms with Crippen LogP contribution in [-0.4, -0.2) is 0 Å². The van der Waals surface area contributed by atoms with E-state index in [9.17, 15) is 0 Å². The van der Waals surface area contributed by atoms with Gasteiger partial charge in [-0.3, -0.25) is 0 Å². The summed E-state index contributed by atoms with van der Waals surface area (Å²) in [6.07, 6.45) is 0. The smallest absolute Gasteiger partial charge is 0.0159 e. The molecule has 284 valence electrons. The zero-order valence-electron chi connectivity index (χ0n) is 34.5. The number of fused-ring (bicyclic) bond motifs is 9. The maximum atomic E-state index is 2.50. The first-order valence-electron chi connectivity index (χ1n) is 21.3. The molecule has 10 aromatic carbocycles. The van der Waals surface area contributed by atoms with Gasteiger partial charge in [0, 0.05) is 10.8 Å². The molecular weight excluding hydrogens is 721 g/mol. The van der Waals surface area contributed by atoms with Crippen molar-refractivity contribution in [1.82, 2.24) is 0 Å². The number of rotatable bonds is 4. The molecule has 60 heavy (non-hydrogen) atoms. The van der Waals surface area contributed by atoms with Gasteiger partial charge in [0.05, 0.1) is 0 Å². The molecule has 0 bridgehead atoms. The Labute approximate surface area is 352 Å². The lowest BCUT2D eigenvalue weighted by molar-refractivity contribution is 0.660. The van der Waals surface area contributed by atoms with Gasteiger partial charge in [0.1, 0.15) is 0 Å². The number of benzene rings is 10. The fourth-order valence-corrected chi connectivity index (χ4v) is 11.0. The lowest BCUT2D eigenvalue weighted by Gasteiger charge is -2.24. The van der Waals surface area contributed by atoms with Crippen molar-refractivity contribution in [2.24, 2.45) is 0 Å². The number of hydrogen-bond donors (Lipinski definition) is 0. The first kappa shape index (κ1) is 35.0. The molecule has 0 amide bonds. The van der Waals surface area contributed by atoms with E-state index in [2.05, 4.69) is 222 Å². The van der Waals surface area contributed by atoms with E-state index in [1.165, 1.54) is 121 Å². The van der Waals surface area contributed by atoms with Crippen molar-refractivity contribution in [3.05, 3.63) is 216 Å². The molecule has 0 nitrogen and oxygen atoms in total. The molecule has 2 aliphatic carbocycles. The first-order valence-corrected chi connectivity index (χ1v) is 21.3. The molecular formula is C60H44. The minimum atomic E-state index is -0.105. The summed E-state index contributed by atoms with van der Waals surface area (Å²) in [7, 11) is 0. The Bertz CT molecular complexity index is 3430. The summed E-state index contributed by atoms with van der Waals surface area (Å²) in [6, 6.07) is 73.3. The third kappa shape index (κ3) is 4.98. The third-order valence-electron chi connectivity index (χ3n) is 14.1. The maximum absolute atomic E-state index is 2.50. The third-order valence-corrected chi connectivity index (χ3v) is 14.1. The molecule has 10 aromatic rings. The van der Waals surface area contributed by atoms with Crippen LogP contribution >= 0.6 is 0 Å². The Hall–Kier alpha value is -7.02. The second-order valence-electron chi connectivity index (χ2n) is 18.0. The molecule has 0 radical (unpaired) electrons. The van der Waals surface area contributed by atoms with E-state index < -0.39 is 0 Å². The molecule has 2 aliphatic rings. The van der Waals surface area contributed by atoms with E-state index in [0.717, 1.165) is 0 Å². The minimum absolute atomic E-state index is 0.0748. The van der Waals surface area contributed by atoms with Gasteiger partial charge in [0.2, 0.25) is 0 Å². The topological polar surface area (TPSA) is 0 Å². The van der Waals surface area contributed by atoms with Crippen molar-refractivity contribution in [2.45, 2.75) is 38.5 Å². The Morgan fingerprint density at radius 2 is 0.700 bits per heavy atom. The van der Waals surface area contributed by atoms with Crippen LogP contribution in [-0.2, 0) is 10.8 Å². The predicted octanol–water partition coefficient (Wildman–Crippen LogP) is 16.4. The SMILES string of the molecule is CC1(C)c2ccccc2-c2ccc(-c3ccc4c(-c5ccccc5-c5ccc6ccccc6c5)c5ccccc5c(-c5ccc6c(c5)C(C)(C)c5ccccc5-6)c4c3)cc21. The van der Waals surface area contributed by atoms with Gasteiger partial charge in [-0.2, -0.15) is 0 Å². The Morgan fingerprint density at radius 3 is 1.38 bits per heavy atom. The maximum Gasteiger partial charge on any atom is 0.0159 e. The fraction of sp³-hybridized carbons (Fsp3) is 0.100. The van der Waals surface area contributed by atoms with Crippen LogP contribution < -0.4 is 0 Å². The van der Waals surface area contributed by atoms with Crippen LogP contribution in [0.25, 0.3) is 99.1 Å². The molecule has 0 spiro atoms. The zero-order valence-corrected chi connectivity index (χ0v) is 34.5. The van der Waals surface area contributed by atoms with Crippen molar-refractivity contribution in [3.63, 3.8) is 0 Å². The van der Waals surface area contributed by atoms with Gasteiger partial charge in [0.15, 0.2) is 0 Å². The van der Waals surface area contributed by atoms with Crippen molar-refractivity contribution in [3.8, 4) is 66.8 Å². The summed E-state index contributed by atoms with van der Waals surface area (Å²) in [5.41, 5.74) is 20.8. The molecule has 0 fully saturated rings. The van der Waals surface area contributed by atoms with Gasteiger partial charge in [0.25, 0.3) is 0 Å². The van der Waals surface area contributed by atoms with E-state index in [4.69, 9.17) is 0 Å². The molecule has 0 aromatic heterocycles. The van der Waals surface area contributed by atoms with Crippen LogP contribution in [0.1, 0.15) is 49.9 Å². The summed E-state index contributed by atoms with van der Waals surface area (Å²) in [6.45, 7) is 9.52. The van der Waals surface area contributed by atoms with E-state index in [-0.39, 0.29) is 10.8 Å². The van der Waals surface area contributed by atoms with Crippen LogP contribution in [0, 0.1) is 0 Å².